The summed E-state index contributed by atoms with van der Waals surface area (Å²) in [6.07, 6.45) is 5.88. The quantitative estimate of drug-likeness (QED) is 0.471. The molecule has 2 rings (SSSR count). The van der Waals surface area contributed by atoms with Crippen molar-refractivity contribution in [2.45, 2.75) is 45.6 Å². The first-order chi connectivity index (χ1) is 13.2. The highest BCUT2D eigenvalue weighted by Gasteiger charge is 2.18. The minimum atomic E-state index is 0. The zero-order chi connectivity index (χ0) is 19.5. The molecule has 0 saturated carbocycles. The van der Waals surface area contributed by atoms with Gasteiger partial charge in [0.2, 0.25) is 5.75 Å². The Balaban J connectivity index is 0.00000392. The van der Waals surface area contributed by atoms with Crippen molar-refractivity contribution >= 4 is 24.8 Å². The molecule has 1 saturated heterocycles. The van der Waals surface area contributed by atoms with Gasteiger partial charge in [0.15, 0.2) is 11.5 Å². The van der Waals surface area contributed by atoms with E-state index in [-0.39, 0.29) is 37.2 Å². The molecular weight excluding hydrogens is 415 g/mol. The van der Waals surface area contributed by atoms with Crippen LogP contribution in [0.25, 0.3) is 0 Å². The minimum absolute atomic E-state index is 0. The van der Waals surface area contributed by atoms with Crippen LogP contribution in [0.5, 0.6) is 17.2 Å². The Kier molecular flexibility index (Phi) is 15.4. The molecule has 8 heteroatoms. The van der Waals surface area contributed by atoms with E-state index >= 15 is 0 Å². The number of ether oxygens (including phenoxy) is 2. The van der Waals surface area contributed by atoms with Crippen LogP contribution in [0.2, 0.25) is 0 Å². The van der Waals surface area contributed by atoms with Gasteiger partial charge in [-0.2, -0.15) is 0 Å². The fraction of sp³-hybridized carbons (Fsp3) is 0.714. The highest BCUT2D eigenvalue weighted by atomic mass is 35.5. The van der Waals surface area contributed by atoms with E-state index in [2.05, 4.69) is 16.7 Å². The van der Waals surface area contributed by atoms with Crippen LogP contribution in [-0.2, 0) is 6.54 Å². The van der Waals surface area contributed by atoms with Crippen molar-refractivity contribution in [1.29, 1.82) is 0 Å². The van der Waals surface area contributed by atoms with Crippen LogP contribution >= 0.6 is 24.8 Å². The Morgan fingerprint density at radius 3 is 2.17 bits per heavy atom. The highest BCUT2D eigenvalue weighted by molar-refractivity contribution is 5.85. The first kappa shape index (κ1) is 28.1. The first-order valence-electron chi connectivity index (χ1n) is 10.3. The van der Waals surface area contributed by atoms with E-state index in [0.717, 1.165) is 57.7 Å². The minimum Gasteiger partial charge on any atom is -0.502 e. The number of methoxy groups -OCH3 is 1. The average Bonchev–Trinajstić information content (AvgIpc) is 2.68. The van der Waals surface area contributed by atoms with Crippen LogP contribution in [0.15, 0.2) is 12.1 Å². The summed E-state index contributed by atoms with van der Waals surface area (Å²) in [5.74, 6) is 1.06. The van der Waals surface area contributed by atoms with Crippen molar-refractivity contribution in [3.63, 3.8) is 0 Å². The Labute approximate surface area is 188 Å². The lowest BCUT2D eigenvalue weighted by molar-refractivity contribution is 0.108. The number of phenolic OH excluding ortho intramolecular Hbond substituents is 1. The molecule has 0 aromatic heterocycles. The number of β-amino-alcohol motifs (C(OH)–C–C–N with tert-alkyl or cyclic N) is 1. The maximum absolute atomic E-state index is 10.4. The topological polar surface area (TPSA) is 65.4 Å². The molecule has 0 radical (unpaired) electrons. The highest BCUT2D eigenvalue weighted by Crippen LogP contribution is 2.38. The SMILES string of the molecule is CCCCCCCOc1cc(CN2CCN(CCO)CC2)cc(OC)c1O.Cl.Cl. The summed E-state index contributed by atoms with van der Waals surface area (Å²) < 4.78 is 11.2. The van der Waals surface area contributed by atoms with Crippen LogP contribution in [0, 0.1) is 0 Å². The number of aromatic hydroxyl groups is 1. The smallest absolute Gasteiger partial charge is 0.200 e. The Hall–Kier alpha value is -0.920. The largest absolute Gasteiger partial charge is 0.502 e. The van der Waals surface area contributed by atoms with E-state index in [0.29, 0.717) is 18.1 Å². The molecule has 1 aliphatic heterocycles. The molecule has 6 nitrogen and oxygen atoms in total. The molecular formula is C21H38Cl2N2O4. The number of hydrogen-bond acceptors (Lipinski definition) is 6. The standard InChI is InChI=1S/C21H36N2O4.2ClH/c1-3-4-5-6-7-14-27-20-16-18(15-19(26-2)21(20)25)17-23-10-8-22(9-11-23)12-13-24;;/h15-16,24-25H,3-14,17H2,1-2H3;2*1H. The second-order valence-corrected chi connectivity index (χ2v) is 7.25. The number of unbranched alkanes of at least 4 members (excludes halogenated alkanes) is 4. The zero-order valence-corrected chi connectivity index (χ0v) is 19.4. The van der Waals surface area contributed by atoms with Crippen molar-refractivity contribution in [3.05, 3.63) is 17.7 Å². The number of aliphatic hydroxyl groups is 1. The molecule has 0 spiro atoms. The van der Waals surface area contributed by atoms with Crippen molar-refractivity contribution in [2.75, 3.05) is 53.0 Å². The number of rotatable bonds is 12. The zero-order valence-electron chi connectivity index (χ0n) is 17.8. The van der Waals surface area contributed by atoms with Gasteiger partial charge in [-0.05, 0) is 24.1 Å². The fourth-order valence-electron chi connectivity index (χ4n) is 3.45. The van der Waals surface area contributed by atoms with E-state index in [1.54, 1.807) is 7.11 Å². The summed E-state index contributed by atoms with van der Waals surface area (Å²) >= 11 is 0. The van der Waals surface area contributed by atoms with Gasteiger partial charge >= 0.3 is 0 Å². The van der Waals surface area contributed by atoms with Gasteiger partial charge in [0.25, 0.3) is 0 Å². The molecule has 0 unspecified atom stereocenters. The third kappa shape index (κ3) is 9.62. The molecule has 1 aliphatic rings. The summed E-state index contributed by atoms with van der Waals surface area (Å²) in [5.41, 5.74) is 1.08. The summed E-state index contributed by atoms with van der Waals surface area (Å²) in [4.78, 5) is 4.66. The maximum atomic E-state index is 10.4. The maximum Gasteiger partial charge on any atom is 0.200 e. The van der Waals surface area contributed by atoms with E-state index < -0.39 is 0 Å². The van der Waals surface area contributed by atoms with Crippen LogP contribution < -0.4 is 9.47 Å². The van der Waals surface area contributed by atoms with Gasteiger partial charge in [0, 0.05) is 39.3 Å². The van der Waals surface area contributed by atoms with E-state index in [1.807, 2.05) is 12.1 Å². The van der Waals surface area contributed by atoms with Crippen molar-refractivity contribution in [2.24, 2.45) is 0 Å². The molecule has 2 N–H and O–H groups in total. The monoisotopic (exact) mass is 452 g/mol. The molecule has 0 bridgehead atoms. The van der Waals surface area contributed by atoms with Crippen molar-refractivity contribution < 1.29 is 19.7 Å². The lowest BCUT2D eigenvalue weighted by atomic mass is 10.1. The predicted octanol–water partition coefficient (Wildman–Crippen LogP) is 3.70. The van der Waals surface area contributed by atoms with E-state index in [9.17, 15) is 5.11 Å². The lowest BCUT2D eigenvalue weighted by Gasteiger charge is -2.34. The molecule has 1 aromatic rings. The second-order valence-electron chi connectivity index (χ2n) is 7.25. The summed E-state index contributed by atoms with van der Waals surface area (Å²) in [6.45, 7) is 8.46. The molecule has 1 heterocycles. The summed E-state index contributed by atoms with van der Waals surface area (Å²) in [6, 6.07) is 3.83. The fourth-order valence-corrected chi connectivity index (χ4v) is 3.45. The van der Waals surface area contributed by atoms with Gasteiger partial charge in [0.1, 0.15) is 0 Å². The molecule has 1 aromatic carbocycles. The van der Waals surface area contributed by atoms with Crippen molar-refractivity contribution in [3.8, 4) is 17.2 Å². The Morgan fingerprint density at radius 2 is 1.55 bits per heavy atom. The van der Waals surface area contributed by atoms with Gasteiger partial charge in [-0.15, -0.1) is 24.8 Å². The third-order valence-electron chi connectivity index (χ3n) is 5.11. The molecule has 0 amide bonds. The Morgan fingerprint density at radius 1 is 0.931 bits per heavy atom. The van der Waals surface area contributed by atoms with Gasteiger partial charge in [-0.3, -0.25) is 9.80 Å². The number of aliphatic hydroxyl groups excluding tert-OH is 1. The summed E-state index contributed by atoms with van der Waals surface area (Å²) in [7, 11) is 1.57. The number of halogens is 2. The number of benzene rings is 1. The normalized spacial score (nSPS) is 14.7. The van der Waals surface area contributed by atoms with E-state index in [4.69, 9.17) is 14.6 Å². The summed E-state index contributed by atoms with van der Waals surface area (Å²) in [5, 5.41) is 19.4. The van der Waals surface area contributed by atoms with Gasteiger partial charge in [0.05, 0.1) is 20.3 Å². The third-order valence-corrected chi connectivity index (χ3v) is 5.11. The second kappa shape index (κ2) is 15.9. The van der Waals surface area contributed by atoms with E-state index in [1.165, 1.54) is 19.3 Å². The van der Waals surface area contributed by atoms with Crippen LogP contribution in [-0.4, -0.2) is 73.1 Å². The van der Waals surface area contributed by atoms with Crippen LogP contribution in [0.3, 0.4) is 0 Å². The van der Waals surface area contributed by atoms with Gasteiger partial charge in [-0.25, -0.2) is 0 Å². The molecule has 29 heavy (non-hydrogen) atoms. The van der Waals surface area contributed by atoms with Crippen LogP contribution in [0.4, 0.5) is 0 Å². The van der Waals surface area contributed by atoms with Crippen LogP contribution in [0.1, 0.15) is 44.6 Å². The number of nitrogens with zero attached hydrogens (tertiary/aromatic N) is 2. The average molecular weight is 453 g/mol. The van der Waals surface area contributed by atoms with Gasteiger partial charge < -0.3 is 19.7 Å². The van der Waals surface area contributed by atoms with Gasteiger partial charge in [-0.1, -0.05) is 32.6 Å². The Bertz CT molecular complexity index is 556. The molecule has 0 aliphatic carbocycles. The predicted molar refractivity (Wildman–Crippen MR) is 122 cm³/mol. The first-order valence-corrected chi connectivity index (χ1v) is 10.3. The number of phenols is 1. The molecule has 0 atom stereocenters. The molecule has 170 valence electrons. The lowest BCUT2D eigenvalue weighted by Crippen LogP contribution is -2.46. The van der Waals surface area contributed by atoms with Crippen molar-refractivity contribution in [1.82, 2.24) is 9.80 Å². The number of hydrogen-bond donors (Lipinski definition) is 2. The molecule has 1 fully saturated rings. The number of piperazine rings is 1.